The number of aliphatic hydroxyl groups is 1. The lowest BCUT2D eigenvalue weighted by Gasteiger charge is -2.17. The first kappa shape index (κ1) is 53.8. The van der Waals surface area contributed by atoms with Gasteiger partial charge >= 0.3 is 11.9 Å². The standard InChI is InChI=1S/C49H78N2O7/c1-3-5-7-9-11-13-15-16-17-18-19-20-21-22-24-26-28-33-37-41-48(55)58-44(38-34-30-27-25-23-14-12-10-8-6-4-2)39-35-31-29-32-36-40-46(53)50-42-47(54)51-45(43-52)49(56)57/h5,7,11-14,16-17,19-20,22,24-25,27-28,33,44-45,52H,3-4,6,8-10,15,18,21,23,26,29-32,34-43H2,1-2H3,(H,50,53)(H,51,54)(H,56,57)/b7-5-,13-11-,14-12-,17-16-,20-19-,24-22-,27-25-,33-28-. The third-order valence-electron chi connectivity index (χ3n) is 9.08. The smallest absolute Gasteiger partial charge is 0.328 e. The molecule has 2 atom stereocenters. The summed E-state index contributed by atoms with van der Waals surface area (Å²) in [6.07, 6.45) is 55.8. The average molecular weight is 807 g/mol. The van der Waals surface area contributed by atoms with Crippen molar-refractivity contribution in [3.8, 4) is 0 Å². The molecule has 9 nitrogen and oxygen atoms in total. The van der Waals surface area contributed by atoms with E-state index in [1.165, 1.54) is 19.3 Å². The van der Waals surface area contributed by atoms with Crippen LogP contribution in [0.2, 0.25) is 0 Å². The van der Waals surface area contributed by atoms with Crippen LogP contribution in [0.5, 0.6) is 0 Å². The normalized spacial score (nSPS) is 13.4. The lowest BCUT2D eigenvalue weighted by atomic mass is 10.0. The zero-order chi connectivity index (χ0) is 42.6. The molecule has 0 aromatic rings. The maximum Gasteiger partial charge on any atom is 0.328 e. The first-order chi connectivity index (χ1) is 28.3. The van der Waals surface area contributed by atoms with E-state index in [1.807, 2.05) is 0 Å². The number of hydrogen-bond acceptors (Lipinski definition) is 6. The highest BCUT2D eigenvalue weighted by Crippen LogP contribution is 2.17. The molecule has 0 spiro atoms. The molecule has 0 aromatic heterocycles. The lowest BCUT2D eigenvalue weighted by molar-refractivity contribution is -0.149. The van der Waals surface area contributed by atoms with Gasteiger partial charge in [0.25, 0.3) is 0 Å². The van der Waals surface area contributed by atoms with E-state index in [-0.39, 0.29) is 30.9 Å². The lowest BCUT2D eigenvalue weighted by Crippen LogP contribution is -2.47. The highest BCUT2D eigenvalue weighted by atomic mass is 16.5. The SMILES string of the molecule is CC/C=C\C/C=C\C/C=C\C/C=C\C/C=C\C/C=C\CCC(=O)OC(CCC/C=C\C/C=C\CCCCC)CCCCCCCC(=O)NCC(=O)NC(CO)C(=O)O. The summed E-state index contributed by atoms with van der Waals surface area (Å²) in [5.74, 6) is -2.44. The van der Waals surface area contributed by atoms with Gasteiger partial charge in [-0.05, 0) is 103 Å². The largest absolute Gasteiger partial charge is 0.480 e. The number of unbranched alkanes of at least 4 members (excludes halogenated alkanes) is 8. The van der Waals surface area contributed by atoms with Gasteiger partial charge in [0, 0.05) is 12.8 Å². The Kier molecular flexibility index (Phi) is 39.3. The first-order valence-corrected chi connectivity index (χ1v) is 22.1. The average Bonchev–Trinajstić information content (AvgIpc) is 3.21. The second-order valence-electron chi connectivity index (χ2n) is 14.4. The maximum atomic E-state index is 12.8. The molecule has 0 bridgehead atoms. The Morgan fingerprint density at radius 2 is 1.02 bits per heavy atom. The van der Waals surface area contributed by atoms with Crippen LogP contribution < -0.4 is 10.6 Å². The van der Waals surface area contributed by atoms with E-state index in [0.717, 1.165) is 103 Å². The van der Waals surface area contributed by atoms with Gasteiger partial charge in [0.2, 0.25) is 11.8 Å². The number of carbonyl (C=O) groups is 4. The van der Waals surface area contributed by atoms with E-state index in [2.05, 4.69) is 122 Å². The summed E-state index contributed by atoms with van der Waals surface area (Å²) in [6.45, 7) is 3.30. The topological polar surface area (TPSA) is 142 Å². The summed E-state index contributed by atoms with van der Waals surface area (Å²) >= 11 is 0. The fraction of sp³-hybridized carbons (Fsp3) is 0.592. The number of carboxylic acids is 1. The molecule has 0 aromatic carbocycles. The van der Waals surface area contributed by atoms with Crippen molar-refractivity contribution in [2.75, 3.05) is 13.2 Å². The van der Waals surface area contributed by atoms with E-state index in [0.29, 0.717) is 19.3 Å². The van der Waals surface area contributed by atoms with Crippen molar-refractivity contribution in [3.63, 3.8) is 0 Å². The number of carboxylic acid groups (broad SMARTS) is 1. The predicted molar refractivity (Wildman–Crippen MR) is 240 cm³/mol. The molecule has 0 heterocycles. The molecule has 2 amide bonds. The summed E-state index contributed by atoms with van der Waals surface area (Å²) in [5, 5.41) is 22.5. The molecule has 58 heavy (non-hydrogen) atoms. The van der Waals surface area contributed by atoms with Gasteiger partial charge in [0.15, 0.2) is 0 Å². The molecule has 0 rings (SSSR count). The third-order valence-corrected chi connectivity index (χ3v) is 9.08. The zero-order valence-corrected chi connectivity index (χ0v) is 36.0. The van der Waals surface area contributed by atoms with Gasteiger partial charge in [0.1, 0.15) is 12.1 Å². The van der Waals surface area contributed by atoms with Crippen LogP contribution in [-0.2, 0) is 23.9 Å². The molecule has 326 valence electrons. The number of ether oxygens (including phenoxy) is 1. The third kappa shape index (κ3) is 38.6. The molecular formula is C49H78N2O7. The number of rotatable bonds is 38. The van der Waals surface area contributed by atoms with Crippen LogP contribution >= 0.6 is 0 Å². The van der Waals surface area contributed by atoms with E-state index >= 15 is 0 Å². The Bertz CT molecular complexity index is 1290. The Balaban J connectivity index is 4.49. The Morgan fingerprint density at radius 1 is 0.534 bits per heavy atom. The number of carbonyl (C=O) groups excluding carboxylic acids is 3. The summed E-state index contributed by atoms with van der Waals surface area (Å²) < 4.78 is 5.96. The number of amides is 2. The highest BCUT2D eigenvalue weighted by Gasteiger charge is 2.19. The van der Waals surface area contributed by atoms with Crippen LogP contribution in [0.25, 0.3) is 0 Å². The van der Waals surface area contributed by atoms with Crippen LogP contribution in [0.4, 0.5) is 0 Å². The Morgan fingerprint density at radius 3 is 1.55 bits per heavy atom. The van der Waals surface area contributed by atoms with Crippen molar-refractivity contribution < 1.29 is 34.1 Å². The minimum Gasteiger partial charge on any atom is -0.480 e. The minimum atomic E-state index is -1.39. The van der Waals surface area contributed by atoms with Crippen molar-refractivity contribution in [1.82, 2.24) is 10.6 Å². The second kappa shape index (κ2) is 42.4. The molecule has 4 N–H and O–H groups in total. The molecule has 2 unspecified atom stereocenters. The van der Waals surface area contributed by atoms with Gasteiger partial charge in [-0.2, -0.15) is 0 Å². The van der Waals surface area contributed by atoms with Gasteiger partial charge < -0.3 is 25.6 Å². The molecule has 0 radical (unpaired) electrons. The van der Waals surface area contributed by atoms with Crippen molar-refractivity contribution in [2.45, 2.75) is 174 Å². The summed E-state index contributed by atoms with van der Waals surface area (Å²) in [4.78, 5) is 47.6. The van der Waals surface area contributed by atoms with E-state index in [4.69, 9.17) is 14.9 Å². The molecule has 0 aliphatic rings. The number of allylic oxidation sites excluding steroid dienone is 16. The predicted octanol–water partition coefficient (Wildman–Crippen LogP) is 11.0. The zero-order valence-electron chi connectivity index (χ0n) is 36.0. The van der Waals surface area contributed by atoms with Crippen LogP contribution in [0.3, 0.4) is 0 Å². The number of nitrogens with one attached hydrogen (secondary N) is 2. The molecule has 9 heteroatoms. The number of aliphatic carboxylic acids is 1. The molecule has 0 fully saturated rings. The van der Waals surface area contributed by atoms with Crippen molar-refractivity contribution in [1.29, 1.82) is 0 Å². The summed E-state index contributed by atoms with van der Waals surface area (Å²) in [5.41, 5.74) is 0. The number of esters is 1. The van der Waals surface area contributed by atoms with E-state index < -0.39 is 24.5 Å². The molecule has 0 aliphatic heterocycles. The number of aliphatic hydroxyl groups excluding tert-OH is 1. The van der Waals surface area contributed by atoms with Crippen LogP contribution in [0.1, 0.15) is 162 Å². The molecular weight excluding hydrogens is 729 g/mol. The fourth-order valence-corrected chi connectivity index (χ4v) is 5.72. The first-order valence-electron chi connectivity index (χ1n) is 22.1. The molecule has 0 saturated heterocycles. The number of hydrogen-bond donors (Lipinski definition) is 4. The van der Waals surface area contributed by atoms with Gasteiger partial charge in [-0.1, -0.05) is 143 Å². The van der Waals surface area contributed by atoms with Crippen molar-refractivity contribution in [2.24, 2.45) is 0 Å². The van der Waals surface area contributed by atoms with Gasteiger partial charge in [-0.15, -0.1) is 0 Å². The Labute approximate surface area is 351 Å². The van der Waals surface area contributed by atoms with E-state index in [9.17, 15) is 19.2 Å². The fourth-order valence-electron chi connectivity index (χ4n) is 5.72. The highest BCUT2D eigenvalue weighted by molar-refractivity contribution is 5.87. The summed E-state index contributed by atoms with van der Waals surface area (Å²) in [7, 11) is 0. The summed E-state index contributed by atoms with van der Waals surface area (Å²) in [6, 6.07) is -1.39. The van der Waals surface area contributed by atoms with E-state index in [1.54, 1.807) is 0 Å². The quantitative estimate of drug-likeness (QED) is 0.0276. The maximum absolute atomic E-state index is 12.8. The monoisotopic (exact) mass is 807 g/mol. The molecule has 0 saturated carbocycles. The minimum absolute atomic E-state index is 0.104. The van der Waals surface area contributed by atoms with Crippen molar-refractivity contribution in [3.05, 3.63) is 97.2 Å². The Hall–Kier alpha value is -4.24. The van der Waals surface area contributed by atoms with Gasteiger partial charge in [0.05, 0.1) is 13.2 Å². The van der Waals surface area contributed by atoms with Crippen LogP contribution in [-0.4, -0.2) is 59.3 Å². The molecule has 0 aliphatic carbocycles. The van der Waals surface area contributed by atoms with Crippen LogP contribution in [0.15, 0.2) is 97.2 Å². The van der Waals surface area contributed by atoms with Crippen molar-refractivity contribution >= 4 is 23.8 Å². The second-order valence-corrected chi connectivity index (χ2v) is 14.4. The van der Waals surface area contributed by atoms with Gasteiger partial charge in [-0.3, -0.25) is 14.4 Å². The van der Waals surface area contributed by atoms with Gasteiger partial charge in [-0.25, -0.2) is 4.79 Å². The van der Waals surface area contributed by atoms with Crippen LogP contribution in [0, 0.1) is 0 Å².